The topological polar surface area (TPSA) is 61.2 Å². The van der Waals surface area contributed by atoms with Crippen LogP contribution in [-0.4, -0.2) is 27.9 Å². The first-order valence-electron chi connectivity index (χ1n) is 9.01. The van der Waals surface area contributed by atoms with Crippen molar-refractivity contribution in [3.8, 4) is 0 Å². The van der Waals surface area contributed by atoms with Crippen LogP contribution < -0.4 is 5.56 Å². The minimum Gasteiger partial charge on any atom is -0.461 e. The van der Waals surface area contributed by atoms with E-state index >= 15 is 0 Å². The van der Waals surface area contributed by atoms with Crippen molar-refractivity contribution in [2.75, 3.05) is 12.4 Å². The number of thiophene rings is 1. The van der Waals surface area contributed by atoms with Crippen LogP contribution in [0.3, 0.4) is 0 Å². The van der Waals surface area contributed by atoms with Gasteiger partial charge in [0.15, 0.2) is 5.16 Å². The fourth-order valence-electron chi connectivity index (χ4n) is 3.32. The number of aryl methyl sites for hydroxylation is 2. The van der Waals surface area contributed by atoms with Crippen molar-refractivity contribution in [3.63, 3.8) is 0 Å². The molecule has 4 rings (SSSR count). The van der Waals surface area contributed by atoms with Crippen LogP contribution in [0.5, 0.6) is 0 Å². The van der Waals surface area contributed by atoms with Crippen molar-refractivity contribution in [2.24, 2.45) is 7.05 Å². The van der Waals surface area contributed by atoms with Gasteiger partial charge in [-0.15, -0.1) is 11.3 Å². The summed E-state index contributed by atoms with van der Waals surface area (Å²) in [7, 11) is 1.76. The Labute approximate surface area is 165 Å². The van der Waals surface area contributed by atoms with Crippen LogP contribution in [0.25, 0.3) is 10.2 Å². The second-order valence-corrected chi connectivity index (χ2v) is 8.65. The van der Waals surface area contributed by atoms with Crippen LogP contribution in [-0.2, 0) is 24.6 Å². The molecule has 0 N–H and O–H groups in total. The van der Waals surface area contributed by atoms with Gasteiger partial charge in [-0.05, 0) is 43.4 Å². The Morgan fingerprint density at radius 1 is 1.26 bits per heavy atom. The van der Waals surface area contributed by atoms with Gasteiger partial charge in [0.25, 0.3) is 5.56 Å². The lowest BCUT2D eigenvalue weighted by Gasteiger charge is -2.11. The number of rotatable bonds is 5. The number of carbonyl (C=O) groups is 1. The van der Waals surface area contributed by atoms with Crippen molar-refractivity contribution in [1.82, 2.24) is 9.55 Å². The van der Waals surface area contributed by atoms with Gasteiger partial charge in [0.1, 0.15) is 11.4 Å². The summed E-state index contributed by atoms with van der Waals surface area (Å²) in [5, 5.41) is 1.47. The van der Waals surface area contributed by atoms with Gasteiger partial charge in [-0.1, -0.05) is 30.0 Å². The Balaban J connectivity index is 1.46. The predicted molar refractivity (Wildman–Crippen MR) is 109 cm³/mol. The van der Waals surface area contributed by atoms with Crippen molar-refractivity contribution >= 4 is 39.3 Å². The molecule has 0 aliphatic heterocycles. The molecule has 7 heteroatoms. The molecule has 0 fully saturated rings. The number of hydrogen-bond donors (Lipinski definition) is 0. The van der Waals surface area contributed by atoms with Gasteiger partial charge in [-0.2, -0.15) is 0 Å². The van der Waals surface area contributed by atoms with Gasteiger partial charge in [0, 0.05) is 17.7 Å². The summed E-state index contributed by atoms with van der Waals surface area (Å²) in [5.41, 5.74) is 1.78. The van der Waals surface area contributed by atoms with Gasteiger partial charge >= 0.3 is 5.97 Å². The summed E-state index contributed by atoms with van der Waals surface area (Å²) in [6.07, 6.45) is 4.37. The first kappa shape index (κ1) is 18.3. The molecule has 5 nitrogen and oxygen atoms in total. The molecule has 0 radical (unpaired) electrons. The third-order valence-corrected chi connectivity index (χ3v) is 6.89. The van der Waals surface area contributed by atoms with E-state index in [9.17, 15) is 9.59 Å². The highest BCUT2D eigenvalue weighted by molar-refractivity contribution is 7.99. The predicted octanol–water partition coefficient (Wildman–Crippen LogP) is 3.82. The highest BCUT2D eigenvalue weighted by atomic mass is 32.2. The van der Waals surface area contributed by atoms with E-state index in [1.54, 1.807) is 47.2 Å². The highest BCUT2D eigenvalue weighted by Crippen LogP contribution is 2.34. The zero-order valence-corrected chi connectivity index (χ0v) is 16.7. The number of benzene rings is 1. The van der Waals surface area contributed by atoms with E-state index in [0.29, 0.717) is 16.5 Å². The van der Waals surface area contributed by atoms with Gasteiger partial charge in [-0.3, -0.25) is 9.36 Å². The highest BCUT2D eigenvalue weighted by Gasteiger charge is 2.21. The third-order valence-electron chi connectivity index (χ3n) is 4.71. The molecule has 0 saturated heterocycles. The van der Waals surface area contributed by atoms with Crippen molar-refractivity contribution in [2.45, 2.75) is 30.8 Å². The maximum atomic E-state index is 12.8. The van der Waals surface area contributed by atoms with Crippen LogP contribution in [0, 0.1) is 0 Å². The van der Waals surface area contributed by atoms with E-state index < -0.39 is 0 Å². The van der Waals surface area contributed by atoms with E-state index in [2.05, 4.69) is 0 Å². The molecule has 0 amide bonds. The molecule has 27 heavy (non-hydrogen) atoms. The zero-order chi connectivity index (χ0) is 18.8. The number of thioether (sulfide) groups is 1. The Morgan fingerprint density at radius 3 is 2.85 bits per heavy atom. The van der Waals surface area contributed by atoms with Crippen LogP contribution in [0.1, 0.15) is 33.6 Å². The van der Waals surface area contributed by atoms with Crippen molar-refractivity contribution in [1.29, 1.82) is 0 Å². The summed E-state index contributed by atoms with van der Waals surface area (Å²) in [6, 6.07) is 8.93. The van der Waals surface area contributed by atoms with E-state index in [1.807, 2.05) is 6.07 Å². The number of ether oxygens (including phenoxy) is 1. The van der Waals surface area contributed by atoms with Gasteiger partial charge in [-0.25, -0.2) is 9.78 Å². The summed E-state index contributed by atoms with van der Waals surface area (Å²) in [5.74, 6) is 0.217. The van der Waals surface area contributed by atoms with Gasteiger partial charge in [0.2, 0.25) is 0 Å². The SMILES string of the molecule is Cn1c(SCCOC(=O)c2ccccc2)nc2sc3c(c2c1=O)CCCC3. The van der Waals surface area contributed by atoms with Crippen LogP contribution in [0.2, 0.25) is 0 Å². The lowest BCUT2D eigenvalue weighted by molar-refractivity contribution is 0.0530. The van der Waals surface area contributed by atoms with Crippen molar-refractivity contribution < 1.29 is 9.53 Å². The van der Waals surface area contributed by atoms with E-state index in [1.165, 1.54) is 28.6 Å². The fraction of sp³-hybridized carbons (Fsp3) is 0.350. The Bertz CT molecular complexity index is 1040. The maximum Gasteiger partial charge on any atom is 0.338 e. The zero-order valence-electron chi connectivity index (χ0n) is 15.1. The number of hydrogen-bond acceptors (Lipinski definition) is 6. The fourth-order valence-corrected chi connectivity index (χ4v) is 5.41. The number of nitrogens with zero attached hydrogens (tertiary/aromatic N) is 2. The second-order valence-electron chi connectivity index (χ2n) is 6.50. The molecule has 0 saturated carbocycles. The van der Waals surface area contributed by atoms with E-state index in [0.717, 1.165) is 29.5 Å². The lowest BCUT2D eigenvalue weighted by Crippen LogP contribution is -2.21. The molecular weight excluding hydrogens is 380 g/mol. The minimum absolute atomic E-state index is 0.0307. The first-order valence-corrected chi connectivity index (χ1v) is 10.8. The standard InChI is InChI=1S/C20H20N2O3S2/c1-22-18(23)16-14-9-5-6-10-15(14)27-17(16)21-20(22)26-12-11-25-19(24)13-7-3-2-4-8-13/h2-4,7-8H,5-6,9-12H2,1H3. The van der Waals surface area contributed by atoms with Crippen LogP contribution in [0.4, 0.5) is 0 Å². The molecule has 2 heterocycles. The monoisotopic (exact) mass is 400 g/mol. The second kappa shape index (κ2) is 7.86. The number of esters is 1. The molecule has 2 aromatic heterocycles. The average Bonchev–Trinajstić information content (AvgIpc) is 3.07. The molecular formula is C20H20N2O3S2. The summed E-state index contributed by atoms with van der Waals surface area (Å²) in [6.45, 7) is 0.271. The normalized spacial score (nSPS) is 13.5. The third kappa shape index (κ3) is 3.66. The molecule has 1 aromatic carbocycles. The molecule has 0 unspecified atom stereocenters. The molecule has 0 bridgehead atoms. The van der Waals surface area contributed by atoms with Crippen molar-refractivity contribution in [3.05, 3.63) is 56.7 Å². The van der Waals surface area contributed by atoms with E-state index in [-0.39, 0.29) is 18.1 Å². The largest absolute Gasteiger partial charge is 0.461 e. The number of carbonyl (C=O) groups excluding carboxylic acids is 1. The van der Waals surface area contributed by atoms with E-state index in [4.69, 9.17) is 9.72 Å². The van der Waals surface area contributed by atoms with Crippen LogP contribution >= 0.6 is 23.1 Å². The Hall–Kier alpha value is -2.12. The minimum atomic E-state index is -0.334. The average molecular weight is 401 g/mol. The van der Waals surface area contributed by atoms with Crippen LogP contribution in [0.15, 0.2) is 40.3 Å². The summed E-state index contributed by atoms with van der Waals surface area (Å²) in [4.78, 5) is 31.7. The first-order chi connectivity index (χ1) is 13.1. The van der Waals surface area contributed by atoms with Gasteiger partial charge < -0.3 is 4.74 Å². The molecule has 3 aromatic rings. The summed E-state index contributed by atoms with van der Waals surface area (Å²) >= 11 is 3.10. The molecule has 140 valence electrons. The Morgan fingerprint density at radius 2 is 2.04 bits per heavy atom. The molecule has 0 spiro atoms. The summed E-state index contributed by atoms with van der Waals surface area (Å²) < 4.78 is 6.92. The molecule has 0 atom stereocenters. The smallest absolute Gasteiger partial charge is 0.338 e. The maximum absolute atomic E-state index is 12.8. The lowest BCUT2D eigenvalue weighted by atomic mass is 9.97. The molecule has 1 aliphatic rings. The van der Waals surface area contributed by atoms with Gasteiger partial charge in [0.05, 0.1) is 10.9 Å². The number of aromatic nitrogens is 2. The quantitative estimate of drug-likeness (QED) is 0.282. The molecule has 1 aliphatic carbocycles. The Kier molecular flexibility index (Phi) is 5.31. The number of fused-ring (bicyclic) bond motifs is 3.